The molecule has 3 rings (SSSR count). The predicted octanol–water partition coefficient (Wildman–Crippen LogP) is 2.49. The van der Waals surface area contributed by atoms with Crippen LogP contribution in [0.1, 0.15) is 9.60 Å². The zero-order valence-corrected chi connectivity index (χ0v) is 7.84. The van der Waals surface area contributed by atoms with Crippen LogP contribution in [-0.4, -0.2) is 12.7 Å². The maximum atomic E-state index is 8.72. The third-order valence-corrected chi connectivity index (χ3v) is 2.03. The molecule has 0 unspecified atom stereocenters. The van der Waals surface area contributed by atoms with Gasteiger partial charge in [0, 0.05) is 16.8 Å². The molecule has 16 heavy (non-hydrogen) atoms. The summed E-state index contributed by atoms with van der Waals surface area (Å²) in [7, 11) is 0.273. The van der Waals surface area contributed by atoms with Gasteiger partial charge in [0.1, 0.15) is 16.9 Å². The normalized spacial score (nSPS) is 16.9. The smallest absolute Gasteiger partial charge is 0.537 e. The Morgan fingerprint density at radius 1 is 1.12 bits per heavy atom. The number of rotatable bonds is 2. The first kappa shape index (κ1) is 4.51. The van der Waals surface area contributed by atoms with Gasteiger partial charge in [-0.2, -0.15) is 0 Å². The highest BCUT2D eigenvalue weighted by molar-refractivity contribution is 6.17. The fourth-order valence-corrected chi connectivity index (χ4v) is 1.39. The van der Waals surface area contributed by atoms with Crippen molar-refractivity contribution in [2.24, 2.45) is 0 Å². The van der Waals surface area contributed by atoms with Crippen LogP contribution in [0.15, 0.2) is 46.7 Å². The lowest BCUT2D eigenvalue weighted by Crippen LogP contribution is -1.98. The maximum absolute atomic E-state index is 8.72. The summed E-state index contributed by atoms with van der Waals surface area (Å²) in [5.41, 5.74) is -0.401. The molecule has 1 heterocycles. The van der Waals surface area contributed by atoms with Gasteiger partial charge in [0.2, 0.25) is 0 Å². The van der Waals surface area contributed by atoms with E-state index in [9.17, 15) is 0 Å². The van der Waals surface area contributed by atoms with E-state index in [2.05, 4.69) is 4.65 Å². The molecule has 1 radical (unpaired) electrons. The van der Waals surface area contributed by atoms with Gasteiger partial charge in [-0.05, 0) is 18.1 Å². The van der Waals surface area contributed by atoms with Crippen LogP contribution in [0.4, 0.5) is 0 Å². The average molecular weight is 218 g/mol. The third kappa shape index (κ3) is 1.35. The highest BCUT2D eigenvalue weighted by Gasteiger charge is 2.06. The van der Waals surface area contributed by atoms with Crippen molar-refractivity contribution in [2.45, 2.75) is 0 Å². The number of hydrogen-bond acceptors (Lipinski definition) is 3. The minimum atomic E-state index is -0.497. The summed E-state index contributed by atoms with van der Waals surface area (Å²) in [6.07, 6.45) is 0. The molecule has 0 atom stereocenters. The molecule has 0 bridgehead atoms. The van der Waals surface area contributed by atoms with E-state index >= 15 is 0 Å². The molecule has 0 fully saturated rings. The molecule has 0 saturated carbocycles. The Morgan fingerprint density at radius 3 is 2.81 bits per heavy atom. The van der Waals surface area contributed by atoms with Crippen molar-refractivity contribution in [3.63, 3.8) is 0 Å². The van der Waals surface area contributed by atoms with E-state index < -0.39 is 48.0 Å². The van der Waals surface area contributed by atoms with Crippen LogP contribution in [0.25, 0.3) is 21.9 Å². The summed E-state index contributed by atoms with van der Waals surface area (Å²) in [6.45, 7) is 0. The van der Waals surface area contributed by atoms with Crippen molar-refractivity contribution in [3.05, 3.63) is 42.3 Å². The topological polar surface area (TPSA) is 42.6 Å². The Bertz CT molecular complexity index is 969. The standard InChI is InChI=1S/C12H8BO3/c14-13-16-8-5-6-10-9-3-1-2-4-11(9)15-12(10)7-8/h1-7,14H/i1D,2D,3D,4D,5D,6D,7D. The number of furan rings is 1. The molecule has 1 aromatic heterocycles. The fourth-order valence-electron chi connectivity index (χ4n) is 1.39. The molecule has 1 N–H and O–H groups in total. The van der Waals surface area contributed by atoms with Crippen molar-refractivity contribution in [2.75, 3.05) is 0 Å². The van der Waals surface area contributed by atoms with E-state index in [4.69, 9.17) is 19.0 Å². The Hall–Kier alpha value is -1.94. The van der Waals surface area contributed by atoms with Gasteiger partial charge < -0.3 is 14.1 Å². The number of para-hydroxylation sites is 1. The monoisotopic (exact) mass is 218 g/mol. The Labute approximate surface area is 102 Å². The molecule has 0 aliphatic carbocycles. The van der Waals surface area contributed by atoms with E-state index in [0.717, 1.165) is 0 Å². The second-order valence-electron chi connectivity index (χ2n) is 2.94. The summed E-state index contributed by atoms with van der Waals surface area (Å²) in [5, 5.41) is 8.60. The first-order valence-corrected chi connectivity index (χ1v) is 4.36. The number of benzene rings is 2. The lowest BCUT2D eigenvalue weighted by Gasteiger charge is -1.99. The Morgan fingerprint density at radius 2 is 1.94 bits per heavy atom. The van der Waals surface area contributed by atoms with E-state index in [-0.39, 0.29) is 29.6 Å². The van der Waals surface area contributed by atoms with E-state index in [1.165, 1.54) is 0 Å². The number of fused-ring (bicyclic) bond motifs is 3. The van der Waals surface area contributed by atoms with E-state index in [1.807, 2.05) is 0 Å². The molecule has 0 spiro atoms. The lowest BCUT2D eigenvalue weighted by molar-refractivity contribution is 0.453. The quantitative estimate of drug-likeness (QED) is 0.672. The molecular formula is C12H8BO3. The zero-order valence-electron chi connectivity index (χ0n) is 14.8. The molecule has 3 aromatic rings. The van der Waals surface area contributed by atoms with Gasteiger partial charge in [0.15, 0.2) is 0 Å². The van der Waals surface area contributed by atoms with E-state index in [0.29, 0.717) is 0 Å². The van der Waals surface area contributed by atoms with Gasteiger partial charge in [-0.3, -0.25) is 0 Å². The lowest BCUT2D eigenvalue weighted by atomic mass is 10.1. The summed E-state index contributed by atoms with van der Waals surface area (Å²) in [5.74, 6) is -0.403. The Kier molecular flexibility index (Phi) is 1.01. The third-order valence-electron chi connectivity index (χ3n) is 2.03. The van der Waals surface area contributed by atoms with Gasteiger partial charge in [0.25, 0.3) is 0 Å². The molecular weight excluding hydrogens is 203 g/mol. The summed E-state index contributed by atoms with van der Waals surface area (Å²) in [6, 6.07) is -3.18. The summed E-state index contributed by atoms with van der Waals surface area (Å²) >= 11 is 0. The highest BCUT2D eigenvalue weighted by atomic mass is 16.5. The van der Waals surface area contributed by atoms with Crippen LogP contribution in [0.5, 0.6) is 5.75 Å². The van der Waals surface area contributed by atoms with Crippen molar-refractivity contribution < 1.29 is 23.7 Å². The highest BCUT2D eigenvalue weighted by Crippen LogP contribution is 2.30. The zero-order chi connectivity index (χ0) is 17.0. The van der Waals surface area contributed by atoms with Crippen molar-refractivity contribution in [3.8, 4) is 5.75 Å². The van der Waals surface area contributed by atoms with Crippen LogP contribution in [-0.2, 0) is 0 Å². The predicted molar refractivity (Wildman–Crippen MR) is 62.3 cm³/mol. The van der Waals surface area contributed by atoms with Crippen LogP contribution < -0.4 is 4.65 Å². The number of hydrogen-bond donors (Lipinski definition) is 1. The van der Waals surface area contributed by atoms with Crippen LogP contribution in [0.2, 0.25) is 0 Å². The van der Waals surface area contributed by atoms with Crippen molar-refractivity contribution in [1.29, 1.82) is 0 Å². The van der Waals surface area contributed by atoms with Crippen LogP contribution in [0.3, 0.4) is 0 Å². The van der Waals surface area contributed by atoms with Crippen molar-refractivity contribution in [1.82, 2.24) is 0 Å². The maximum Gasteiger partial charge on any atom is 0.569 e. The Balaban J connectivity index is 2.61. The summed E-state index contributed by atoms with van der Waals surface area (Å²) < 4.78 is 65.1. The molecule has 2 aromatic carbocycles. The SMILES string of the molecule is [2H]c1c([2H])c([2H])c2c(oc3c([2H])c(O[B]O)c([2H])c([2H])c32)c1[2H]. The van der Waals surface area contributed by atoms with Gasteiger partial charge >= 0.3 is 7.69 Å². The fraction of sp³-hybridized carbons (Fsp3) is 0. The minimum Gasteiger partial charge on any atom is -0.537 e. The second-order valence-corrected chi connectivity index (χ2v) is 2.94. The largest absolute Gasteiger partial charge is 0.569 e. The molecule has 77 valence electrons. The first-order chi connectivity index (χ1) is 10.8. The molecule has 4 heteroatoms. The molecule has 3 nitrogen and oxygen atoms in total. The van der Waals surface area contributed by atoms with Gasteiger partial charge in [0.05, 0.1) is 9.60 Å². The molecule has 0 saturated heterocycles. The van der Waals surface area contributed by atoms with Crippen LogP contribution in [0, 0.1) is 0 Å². The molecule has 0 aliphatic heterocycles. The van der Waals surface area contributed by atoms with Gasteiger partial charge in [-0.1, -0.05) is 18.1 Å². The van der Waals surface area contributed by atoms with Crippen LogP contribution >= 0.6 is 0 Å². The van der Waals surface area contributed by atoms with Crippen molar-refractivity contribution >= 4 is 29.6 Å². The first-order valence-electron chi connectivity index (χ1n) is 7.86. The summed E-state index contributed by atoms with van der Waals surface area (Å²) in [4.78, 5) is 0. The second kappa shape index (κ2) is 3.57. The molecule has 0 amide bonds. The average Bonchev–Trinajstić information content (AvgIpc) is 2.93. The van der Waals surface area contributed by atoms with Gasteiger partial charge in [-0.15, -0.1) is 0 Å². The van der Waals surface area contributed by atoms with Gasteiger partial charge in [-0.25, -0.2) is 0 Å². The molecule has 0 aliphatic rings. The van der Waals surface area contributed by atoms with E-state index in [1.54, 1.807) is 0 Å². The minimum absolute atomic E-state index is 0.0578.